The summed E-state index contributed by atoms with van der Waals surface area (Å²) in [5.41, 5.74) is 2.21. The fourth-order valence-electron chi connectivity index (χ4n) is 4.71. The number of para-hydroxylation sites is 2. The Balaban J connectivity index is 1.37. The Bertz CT molecular complexity index is 1690. The summed E-state index contributed by atoms with van der Waals surface area (Å²) in [6.45, 7) is -0.187. The summed E-state index contributed by atoms with van der Waals surface area (Å²) in [4.78, 5) is 28.5. The van der Waals surface area contributed by atoms with Gasteiger partial charge in [-0.25, -0.2) is 8.42 Å². The van der Waals surface area contributed by atoms with Gasteiger partial charge in [0.15, 0.2) is 6.10 Å². The van der Waals surface area contributed by atoms with Crippen LogP contribution in [0.4, 0.5) is 5.69 Å². The number of fused-ring (bicyclic) bond motifs is 1. The van der Waals surface area contributed by atoms with Crippen molar-refractivity contribution < 1.29 is 22.7 Å². The Morgan fingerprint density at radius 3 is 2.30 bits per heavy atom. The van der Waals surface area contributed by atoms with E-state index >= 15 is 0 Å². The van der Waals surface area contributed by atoms with Gasteiger partial charge in [-0.05, 0) is 66.1 Å². The maximum absolute atomic E-state index is 13.9. The number of hydrogen-bond donors (Lipinski definition) is 1. The van der Waals surface area contributed by atoms with Crippen molar-refractivity contribution in [1.82, 2.24) is 9.62 Å². The van der Waals surface area contributed by atoms with E-state index in [0.29, 0.717) is 35.0 Å². The lowest BCUT2D eigenvalue weighted by atomic mass is 10.1. The van der Waals surface area contributed by atoms with Crippen LogP contribution in [0, 0.1) is 0 Å². The van der Waals surface area contributed by atoms with Crippen LogP contribution in [0.1, 0.15) is 11.1 Å². The third-order valence-electron chi connectivity index (χ3n) is 6.96. The van der Waals surface area contributed by atoms with Gasteiger partial charge in [-0.1, -0.05) is 82.1 Å². The van der Waals surface area contributed by atoms with Gasteiger partial charge in [-0.2, -0.15) is 4.31 Å². The highest BCUT2D eigenvalue weighted by molar-refractivity contribution is 9.10. The standard InChI is InChI=1S/C32H29BrClN3O5S/c33-25-12-16-27(17-13-25)43(40,41)36(20-24-10-14-26(34)15-11-24)22-31(38)37-21-30(42-29-9-5-4-8-28(29)37)32(39)35-19-18-23-6-2-1-3-7-23/h1-17,30H,18-22H2,(H,35,39). The molecule has 0 saturated carbocycles. The van der Waals surface area contributed by atoms with Crippen LogP contribution in [0.15, 0.2) is 112 Å². The molecule has 1 atom stereocenters. The van der Waals surface area contributed by atoms with Crippen molar-refractivity contribution in [2.75, 3.05) is 24.5 Å². The molecule has 0 radical (unpaired) electrons. The van der Waals surface area contributed by atoms with Crippen molar-refractivity contribution in [3.05, 3.63) is 124 Å². The molecule has 2 amide bonds. The van der Waals surface area contributed by atoms with E-state index in [1.807, 2.05) is 30.3 Å². The number of nitrogens with one attached hydrogen (secondary N) is 1. The Kier molecular flexibility index (Phi) is 9.82. The van der Waals surface area contributed by atoms with Crippen molar-refractivity contribution in [3.63, 3.8) is 0 Å². The van der Waals surface area contributed by atoms with Gasteiger partial charge in [0, 0.05) is 22.6 Å². The first-order valence-corrected chi connectivity index (χ1v) is 16.2. The molecule has 222 valence electrons. The normalized spacial score (nSPS) is 14.6. The summed E-state index contributed by atoms with van der Waals surface area (Å²) in [6, 6.07) is 29.7. The van der Waals surface area contributed by atoms with Gasteiger partial charge in [-0.3, -0.25) is 9.59 Å². The molecule has 0 bridgehead atoms. The first-order valence-electron chi connectivity index (χ1n) is 13.6. The van der Waals surface area contributed by atoms with Crippen molar-refractivity contribution in [2.24, 2.45) is 0 Å². The van der Waals surface area contributed by atoms with Gasteiger partial charge in [0.05, 0.1) is 23.7 Å². The highest BCUT2D eigenvalue weighted by atomic mass is 79.9. The maximum atomic E-state index is 13.9. The van der Waals surface area contributed by atoms with E-state index in [9.17, 15) is 18.0 Å². The zero-order valence-electron chi connectivity index (χ0n) is 23.0. The lowest BCUT2D eigenvalue weighted by molar-refractivity contribution is -0.128. The first kappa shape index (κ1) is 30.7. The molecule has 1 N–H and O–H groups in total. The zero-order chi connectivity index (χ0) is 30.4. The molecule has 0 saturated heterocycles. The van der Waals surface area contributed by atoms with Crippen LogP contribution in [0.5, 0.6) is 5.75 Å². The van der Waals surface area contributed by atoms with Crippen molar-refractivity contribution in [3.8, 4) is 5.75 Å². The molecule has 4 aromatic rings. The Morgan fingerprint density at radius 1 is 0.907 bits per heavy atom. The summed E-state index contributed by atoms with van der Waals surface area (Å²) in [5.74, 6) is -0.485. The molecule has 0 aromatic heterocycles. The number of anilines is 1. The molecule has 0 spiro atoms. The third-order valence-corrected chi connectivity index (χ3v) is 9.54. The molecule has 4 aromatic carbocycles. The van der Waals surface area contributed by atoms with Crippen molar-refractivity contribution in [1.29, 1.82) is 0 Å². The van der Waals surface area contributed by atoms with Gasteiger partial charge in [-0.15, -0.1) is 0 Å². The predicted octanol–water partition coefficient (Wildman–Crippen LogP) is 5.45. The highest BCUT2D eigenvalue weighted by Gasteiger charge is 2.36. The summed E-state index contributed by atoms with van der Waals surface area (Å²) < 4.78 is 35.5. The number of carbonyl (C=O) groups is 2. The second-order valence-electron chi connectivity index (χ2n) is 9.96. The molecule has 8 nitrogen and oxygen atoms in total. The SMILES string of the molecule is O=C(NCCc1ccccc1)C1CN(C(=O)CN(Cc2ccc(Cl)cc2)S(=O)(=O)c2ccc(Br)cc2)c2ccccc2O1. The fraction of sp³-hybridized carbons (Fsp3) is 0.188. The summed E-state index contributed by atoms with van der Waals surface area (Å²) in [5, 5.41) is 3.41. The van der Waals surface area contributed by atoms with Crippen LogP contribution in [0.2, 0.25) is 5.02 Å². The number of halogens is 2. The van der Waals surface area contributed by atoms with Gasteiger partial charge in [0.25, 0.3) is 5.91 Å². The van der Waals surface area contributed by atoms with Crippen molar-refractivity contribution >= 4 is 55.1 Å². The number of ether oxygens (including phenoxy) is 1. The topological polar surface area (TPSA) is 96.0 Å². The molecular formula is C32H29BrClN3O5S. The molecular weight excluding hydrogens is 654 g/mol. The number of hydrogen-bond acceptors (Lipinski definition) is 5. The molecule has 11 heteroatoms. The lowest BCUT2D eigenvalue weighted by Gasteiger charge is -2.35. The monoisotopic (exact) mass is 681 g/mol. The Morgan fingerprint density at radius 2 is 1.58 bits per heavy atom. The molecule has 1 aliphatic rings. The number of benzene rings is 4. The predicted molar refractivity (Wildman–Crippen MR) is 170 cm³/mol. The average Bonchev–Trinajstić information content (AvgIpc) is 3.01. The van der Waals surface area contributed by atoms with E-state index in [2.05, 4.69) is 21.2 Å². The maximum Gasteiger partial charge on any atom is 0.262 e. The van der Waals surface area contributed by atoms with E-state index in [1.54, 1.807) is 60.7 Å². The Labute approximate surface area is 264 Å². The zero-order valence-corrected chi connectivity index (χ0v) is 26.2. The molecule has 43 heavy (non-hydrogen) atoms. The van der Waals surface area contributed by atoms with E-state index in [0.717, 1.165) is 14.3 Å². The van der Waals surface area contributed by atoms with E-state index in [4.69, 9.17) is 16.3 Å². The van der Waals surface area contributed by atoms with E-state index < -0.39 is 28.6 Å². The quantitative estimate of drug-likeness (QED) is 0.240. The third kappa shape index (κ3) is 7.64. The largest absolute Gasteiger partial charge is 0.477 e. The molecule has 0 fully saturated rings. The first-order chi connectivity index (χ1) is 20.7. The second kappa shape index (κ2) is 13.7. The number of rotatable bonds is 10. The van der Waals surface area contributed by atoms with Crippen LogP contribution in [0.25, 0.3) is 0 Å². The molecule has 1 unspecified atom stereocenters. The smallest absolute Gasteiger partial charge is 0.262 e. The molecule has 1 heterocycles. The average molecular weight is 683 g/mol. The summed E-state index contributed by atoms with van der Waals surface area (Å²) in [6.07, 6.45) is -0.325. The number of sulfonamides is 1. The minimum absolute atomic E-state index is 0.0514. The van der Waals surface area contributed by atoms with Gasteiger partial charge >= 0.3 is 0 Å². The second-order valence-corrected chi connectivity index (χ2v) is 13.2. The number of amides is 2. The number of carbonyl (C=O) groups excluding carboxylic acids is 2. The minimum Gasteiger partial charge on any atom is -0.477 e. The van der Waals surface area contributed by atoms with Gasteiger partial charge in [0.2, 0.25) is 15.9 Å². The highest BCUT2D eigenvalue weighted by Crippen LogP contribution is 2.34. The molecule has 0 aliphatic carbocycles. The molecule has 1 aliphatic heterocycles. The van der Waals surface area contributed by atoms with Gasteiger partial charge < -0.3 is 15.0 Å². The lowest BCUT2D eigenvalue weighted by Crippen LogP contribution is -2.53. The summed E-state index contributed by atoms with van der Waals surface area (Å²) >= 11 is 9.38. The molecule has 5 rings (SSSR count). The van der Waals surface area contributed by atoms with Crippen LogP contribution in [-0.2, 0) is 32.6 Å². The van der Waals surface area contributed by atoms with E-state index in [1.165, 1.54) is 17.0 Å². The van der Waals surface area contributed by atoms with Crippen LogP contribution in [0.3, 0.4) is 0 Å². The fourth-order valence-corrected chi connectivity index (χ4v) is 6.47. The minimum atomic E-state index is -4.08. The summed E-state index contributed by atoms with van der Waals surface area (Å²) in [7, 11) is -4.08. The van der Waals surface area contributed by atoms with E-state index in [-0.39, 0.29) is 23.9 Å². The Hall–Kier alpha value is -3.70. The van der Waals surface area contributed by atoms with Crippen molar-refractivity contribution in [2.45, 2.75) is 24.0 Å². The van der Waals surface area contributed by atoms with Gasteiger partial charge in [0.1, 0.15) is 5.75 Å². The van der Waals surface area contributed by atoms with Crippen LogP contribution in [-0.4, -0.2) is 50.3 Å². The number of nitrogens with zero attached hydrogens (tertiary/aromatic N) is 2. The van der Waals surface area contributed by atoms with Crippen LogP contribution < -0.4 is 15.0 Å². The van der Waals surface area contributed by atoms with Crippen LogP contribution >= 0.6 is 27.5 Å².